The van der Waals surface area contributed by atoms with Gasteiger partial charge in [0.1, 0.15) is 6.10 Å². The number of nitrogens with one attached hydrogen (secondary N) is 1. The monoisotopic (exact) mass is 445 g/mol. The summed E-state index contributed by atoms with van der Waals surface area (Å²) in [7, 11) is 0. The number of likely N-dealkylation sites (tertiary alicyclic amines) is 1. The van der Waals surface area contributed by atoms with E-state index in [0.717, 1.165) is 44.7 Å². The quantitative estimate of drug-likeness (QED) is 0.572. The number of piperidine rings is 1. The second-order valence-corrected chi connectivity index (χ2v) is 8.03. The van der Waals surface area contributed by atoms with Crippen LogP contribution in [0.15, 0.2) is 30.3 Å². The number of halogens is 2. The summed E-state index contributed by atoms with van der Waals surface area (Å²) in [5, 5.41) is 3.02. The third-order valence-corrected chi connectivity index (χ3v) is 5.94. The highest BCUT2D eigenvalue weighted by molar-refractivity contribution is 5.85. The average molecular weight is 446 g/mol. The number of nitrogens with zero attached hydrogens (tertiary/aromatic N) is 1. The van der Waals surface area contributed by atoms with Crippen LogP contribution in [0.1, 0.15) is 44.1 Å². The van der Waals surface area contributed by atoms with Crippen molar-refractivity contribution in [1.82, 2.24) is 10.2 Å². The minimum absolute atomic E-state index is 0. The summed E-state index contributed by atoms with van der Waals surface area (Å²) in [6.07, 6.45) is 7.45. The van der Waals surface area contributed by atoms with Crippen LogP contribution in [0.25, 0.3) is 0 Å². The van der Waals surface area contributed by atoms with Crippen LogP contribution in [0.4, 0.5) is 0 Å². The van der Waals surface area contributed by atoms with Crippen molar-refractivity contribution in [2.75, 3.05) is 32.7 Å². The van der Waals surface area contributed by atoms with E-state index in [1.165, 1.54) is 37.9 Å². The lowest BCUT2D eigenvalue weighted by Gasteiger charge is -2.32. The molecule has 2 atom stereocenters. The molecule has 0 aliphatic carbocycles. The number of carbonyl (C=O) groups is 1. The first kappa shape index (κ1) is 26.2. The Morgan fingerprint density at radius 1 is 1.07 bits per heavy atom. The normalized spacial score (nSPS) is 22.5. The molecule has 0 unspecified atom stereocenters. The third kappa shape index (κ3) is 8.81. The molecule has 1 aromatic carbocycles. The Morgan fingerprint density at radius 3 is 2.45 bits per heavy atom. The average Bonchev–Trinajstić information content (AvgIpc) is 3.19. The first-order chi connectivity index (χ1) is 13.2. The predicted octanol–water partition coefficient (Wildman–Crippen LogP) is 3.19. The lowest BCUT2D eigenvalue weighted by molar-refractivity contribution is -0.131. The molecule has 0 aromatic heterocycles. The first-order valence-electron chi connectivity index (χ1n) is 10.6. The number of rotatable bonds is 9. The number of amides is 1. The van der Waals surface area contributed by atoms with E-state index in [-0.39, 0.29) is 42.9 Å². The van der Waals surface area contributed by atoms with Crippen LogP contribution in [-0.4, -0.2) is 55.7 Å². The Kier molecular flexibility index (Phi) is 12.8. The third-order valence-electron chi connectivity index (χ3n) is 5.94. The number of hydrogen-bond acceptors (Lipinski definition) is 4. The first-order valence-corrected chi connectivity index (χ1v) is 10.6. The van der Waals surface area contributed by atoms with Crippen LogP contribution in [0.3, 0.4) is 0 Å². The van der Waals surface area contributed by atoms with Gasteiger partial charge in [-0.2, -0.15) is 0 Å². The minimum Gasteiger partial charge on any atom is -0.364 e. The lowest BCUT2D eigenvalue weighted by atomic mass is 9.90. The van der Waals surface area contributed by atoms with Crippen molar-refractivity contribution in [2.24, 2.45) is 11.7 Å². The number of ether oxygens (including phenoxy) is 1. The van der Waals surface area contributed by atoms with Crippen molar-refractivity contribution in [1.29, 1.82) is 0 Å². The van der Waals surface area contributed by atoms with Gasteiger partial charge in [0.25, 0.3) is 0 Å². The highest BCUT2D eigenvalue weighted by atomic mass is 35.5. The van der Waals surface area contributed by atoms with Gasteiger partial charge in [-0.3, -0.25) is 4.79 Å². The van der Waals surface area contributed by atoms with E-state index in [0.29, 0.717) is 6.54 Å². The summed E-state index contributed by atoms with van der Waals surface area (Å²) < 4.78 is 5.63. The van der Waals surface area contributed by atoms with Crippen LogP contribution in [-0.2, 0) is 16.0 Å². The lowest BCUT2D eigenvalue weighted by Crippen LogP contribution is -2.37. The SMILES string of the molecule is Cl.Cl.NC[C@H]1CC[C@@H](C(=O)NCCCCN2CCC(Cc3ccccc3)CC2)O1. The van der Waals surface area contributed by atoms with Gasteiger partial charge in [0, 0.05) is 13.1 Å². The molecule has 3 N–H and O–H groups in total. The fourth-order valence-electron chi connectivity index (χ4n) is 4.22. The Bertz CT molecular complexity index is 568. The van der Waals surface area contributed by atoms with Crippen LogP contribution >= 0.6 is 24.8 Å². The van der Waals surface area contributed by atoms with E-state index in [1.807, 2.05) is 0 Å². The van der Waals surface area contributed by atoms with E-state index in [2.05, 4.69) is 40.5 Å². The molecule has 0 bridgehead atoms. The summed E-state index contributed by atoms with van der Waals surface area (Å²) in [5.41, 5.74) is 7.06. The maximum Gasteiger partial charge on any atom is 0.249 e. The number of carbonyl (C=O) groups excluding carboxylic acids is 1. The second kappa shape index (κ2) is 14.2. The zero-order valence-corrected chi connectivity index (χ0v) is 18.9. The molecule has 1 aromatic rings. The molecule has 7 heteroatoms. The Balaban J connectivity index is 0.00000210. The van der Waals surface area contributed by atoms with E-state index >= 15 is 0 Å². The van der Waals surface area contributed by atoms with Crippen molar-refractivity contribution >= 4 is 30.7 Å². The standard InChI is InChI=1S/C22H35N3O2.2ClH/c23-17-20-8-9-21(27-20)22(26)24-12-4-5-13-25-14-10-19(11-15-25)16-18-6-2-1-3-7-18;;/h1-3,6-7,19-21H,4-5,8-17,23H2,(H,24,26);2*1H/t20-,21+;;/m1../s1. The molecule has 2 heterocycles. The number of nitrogens with two attached hydrogens (primary N) is 1. The molecule has 0 radical (unpaired) electrons. The molecule has 5 nitrogen and oxygen atoms in total. The molecule has 2 saturated heterocycles. The summed E-state index contributed by atoms with van der Waals surface area (Å²) >= 11 is 0. The highest BCUT2D eigenvalue weighted by Gasteiger charge is 2.29. The van der Waals surface area contributed by atoms with Gasteiger partial charge in [-0.1, -0.05) is 30.3 Å². The second-order valence-electron chi connectivity index (χ2n) is 8.03. The van der Waals surface area contributed by atoms with Gasteiger partial charge in [-0.15, -0.1) is 24.8 Å². The summed E-state index contributed by atoms with van der Waals surface area (Å²) in [4.78, 5) is 14.6. The molecule has 1 amide bonds. The van der Waals surface area contributed by atoms with Crippen LogP contribution in [0.2, 0.25) is 0 Å². The van der Waals surface area contributed by atoms with E-state index in [4.69, 9.17) is 10.5 Å². The van der Waals surface area contributed by atoms with Crippen molar-refractivity contribution in [3.05, 3.63) is 35.9 Å². The van der Waals surface area contributed by atoms with E-state index in [9.17, 15) is 4.79 Å². The minimum atomic E-state index is -0.290. The molecular formula is C22H37Cl2N3O2. The molecule has 166 valence electrons. The largest absolute Gasteiger partial charge is 0.364 e. The summed E-state index contributed by atoms with van der Waals surface area (Å²) in [6, 6.07) is 10.9. The zero-order valence-electron chi connectivity index (χ0n) is 17.3. The molecule has 0 spiro atoms. The smallest absolute Gasteiger partial charge is 0.249 e. The van der Waals surface area contributed by atoms with Gasteiger partial charge < -0.3 is 20.7 Å². The van der Waals surface area contributed by atoms with E-state index in [1.54, 1.807) is 0 Å². The Morgan fingerprint density at radius 2 is 1.79 bits per heavy atom. The molecule has 2 aliphatic rings. The number of hydrogen-bond donors (Lipinski definition) is 2. The van der Waals surface area contributed by atoms with Gasteiger partial charge in [0.15, 0.2) is 0 Å². The number of benzene rings is 1. The molecule has 0 saturated carbocycles. The molecule has 3 rings (SSSR count). The molecule has 2 fully saturated rings. The van der Waals surface area contributed by atoms with Crippen molar-refractivity contribution in [3.63, 3.8) is 0 Å². The van der Waals surface area contributed by atoms with Crippen molar-refractivity contribution in [3.8, 4) is 0 Å². The topological polar surface area (TPSA) is 67.6 Å². The fourth-order valence-corrected chi connectivity index (χ4v) is 4.22. The van der Waals surface area contributed by atoms with Crippen LogP contribution in [0, 0.1) is 5.92 Å². The van der Waals surface area contributed by atoms with Crippen LogP contribution < -0.4 is 11.1 Å². The molecule has 29 heavy (non-hydrogen) atoms. The van der Waals surface area contributed by atoms with Gasteiger partial charge in [0.05, 0.1) is 6.10 Å². The number of unbranched alkanes of at least 4 members (excludes halogenated alkanes) is 1. The van der Waals surface area contributed by atoms with Crippen LogP contribution in [0.5, 0.6) is 0 Å². The van der Waals surface area contributed by atoms with Crippen molar-refractivity contribution < 1.29 is 9.53 Å². The maximum atomic E-state index is 12.1. The Hall–Kier alpha value is -0.850. The zero-order chi connectivity index (χ0) is 18.9. The van der Waals surface area contributed by atoms with Gasteiger partial charge in [-0.05, 0) is 76.1 Å². The fraction of sp³-hybridized carbons (Fsp3) is 0.682. The predicted molar refractivity (Wildman–Crippen MR) is 123 cm³/mol. The Labute approximate surface area is 187 Å². The highest BCUT2D eigenvalue weighted by Crippen LogP contribution is 2.22. The maximum absolute atomic E-state index is 12.1. The summed E-state index contributed by atoms with van der Waals surface area (Å²) in [5.74, 6) is 0.861. The van der Waals surface area contributed by atoms with Crippen molar-refractivity contribution in [2.45, 2.75) is 57.2 Å². The molecule has 2 aliphatic heterocycles. The molecular weight excluding hydrogens is 409 g/mol. The summed E-state index contributed by atoms with van der Waals surface area (Å²) in [6.45, 7) is 4.81. The van der Waals surface area contributed by atoms with Gasteiger partial charge in [-0.25, -0.2) is 0 Å². The van der Waals surface area contributed by atoms with Gasteiger partial charge in [0.2, 0.25) is 5.91 Å². The van der Waals surface area contributed by atoms with Gasteiger partial charge >= 0.3 is 0 Å². The van der Waals surface area contributed by atoms with E-state index < -0.39 is 0 Å².